The smallest absolute Gasteiger partial charge is 0.191 e. The molecule has 4 nitrogen and oxygen atoms in total. The molecule has 1 aromatic rings. The summed E-state index contributed by atoms with van der Waals surface area (Å²) in [7, 11) is 0. The summed E-state index contributed by atoms with van der Waals surface area (Å²) in [5, 5.41) is 15.8. The van der Waals surface area contributed by atoms with E-state index in [1.54, 1.807) is 6.07 Å². The van der Waals surface area contributed by atoms with Gasteiger partial charge in [0.25, 0.3) is 0 Å². The first kappa shape index (κ1) is 20.3. The highest BCUT2D eigenvalue weighted by molar-refractivity contribution is 14.0. The van der Waals surface area contributed by atoms with Crippen LogP contribution in [0.2, 0.25) is 0 Å². The Morgan fingerprint density at radius 2 is 2.22 bits per heavy atom. The molecule has 0 saturated carbocycles. The molecule has 1 atom stereocenters. The van der Waals surface area contributed by atoms with Crippen LogP contribution in [0.15, 0.2) is 23.2 Å². The van der Waals surface area contributed by atoms with Crippen molar-refractivity contribution in [3.05, 3.63) is 29.6 Å². The van der Waals surface area contributed by atoms with Gasteiger partial charge in [0.2, 0.25) is 0 Å². The Kier molecular flexibility index (Phi) is 8.46. The fourth-order valence-electron chi connectivity index (χ4n) is 2.41. The van der Waals surface area contributed by atoms with Crippen molar-refractivity contribution in [3.63, 3.8) is 0 Å². The Balaban J connectivity index is 0.00000264. The first-order valence-electron chi connectivity index (χ1n) is 7.66. The molecule has 1 aliphatic rings. The lowest BCUT2D eigenvalue weighted by molar-refractivity contribution is 0.432. The topological polar surface area (TPSA) is 56.7 Å². The molecule has 23 heavy (non-hydrogen) atoms. The lowest BCUT2D eigenvalue weighted by Crippen LogP contribution is -2.43. The van der Waals surface area contributed by atoms with E-state index in [4.69, 9.17) is 0 Å². The fraction of sp³-hybridized carbons (Fsp3) is 0.562. The zero-order chi connectivity index (χ0) is 16.0. The van der Waals surface area contributed by atoms with E-state index in [2.05, 4.69) is 22.5 Å². The predicted octanol–water partition coefficient (Wildman–Crippen LogP) is 3.49. The van der Waals surface area contributed by atoms with Gasteiger partial charge in [-0.1, -0.05) is 6.07 Å². The summed E-state index contributed by atoms with van der Waals surface area (Å²) >= 11 is 2.00. The Labute approximate surface area is 158 Å². The zero-order valence-electron chi connectivity index (χ0n) is 13.6. The molecule has 0 aliphatic carbocycles. The van der Waals surface area contributed by atoms with Crippen LogP contribution in [-0.4, -0.2) is 34.7 Å². The number of guanidine groups is 1. The summed E-state index contributed by atoms with van der Waals surface area (Å²) in [6, 6.07) is 4.35. The highest BCUT2D eigenvalue weighted by atomic mass is 127. The molecule has 1 heterocycles. The van der Waals surface area contributed by atoms with E-state index in [0.717, 1.165) is 24.6 Å². The van der Waals surface area contributed by atoms with Crippen molar-refractivity contribution in [1.29, 1.82) is 0 Å². The van der Waals surface area contributed by atoms with Crippen molar-refractivity contribution in [2.75, 3.05) is 18.8 Å². The Bertz CT molecular complexity index is 536. The minimum Gasteiger partial charge on any atom is -0.505 e. The van der Waals surface area contributed by atoms with Crippen molar-refractivity contribution >= 4 is 41.7 Å². The molecule has 1 aliphatic heterocycles. The molecule has 1 saturated heterocycles. The average Bonchev–Trinajstić information content (AvgIpc) is 2.93. The van der Waals surface area contributed by atoms with Gasteiger partial charge in [-0.15, -0.1) is 24.0 Å². The first-order chi connectivity index (χ1) is 10.5. The molecule has 0 radical (unpaired) electrons. The van der Waals surface area contributed by atoms with Crippen molar-refractivity contribution in [2.45, 2.75) is 38.0 Å². The monoisotopic (exact) mass is 453 g/mol. The van der Waals surface area contributed by atoms with E-state index >= 15 is 0 Å². The number of rotatable bonds is 5. The standard InChI is InChI=1S/C16H24FN3OS.HI/c1-3-18-15(20-11-16(2)7-4-8-22-16)19-10-12-5-6-14(21)13(17)9-12;/h5-6,9,21H,3-4,7-8,10-11H2,1-2H3,(H2,18,19,20);1H. The van der Waals surface area contributed by atoms with Gasteiger partial charge in [-0.2, -0.15) is 11.8 Å². The van der Waals surface area contributed by atoms with E-state index in [-0.39, 0.29) is 34.5 Å². The lowest BCUT2D eigenvalue weighted by Gasteiger charge is -2.24. The Morgan fingerprint density at radius 3 is 2.83 bits per heavy atom. The molecule has 130 valence electrons. The number of hydrogen-bond acceptors (Lipinski definition) is 3. The minimum absolute atomic E-state index is 0. The summed E-state index contributed by atoms with van der Waals surface area (Å²) in [5.41, 5.74) is 0.731. The first-order valence-corrected chi connectivity index (χ1v) is 8.64. The molecule has 0 bridgehead atoms. The highest BCUT2D eigenvalue weighted by Crippen LogP contribution is 2.36. The molecule has 0 aromatic heterocycles. The number of nitrogens with zero attached hydrogens (tertiary/aromatic N) is 1. The zero-order valence-corrected chi connectivity index (χ0v) is 16.7. The third-order valence-electron chi connectivity index (χ3n) is 3.71. The van der Waals surface area contributed by atoms with E-state index in [1.165, 1.54) is 30.7 Å². The number of aromatic hydroxyl groups is 1. The highest BCUT2D eigenvalue weighted by Gasteiger charge is 2.29. The number of phenolic OH excluding ortho intramolecular Hbond substituents is 1. The second kappa shape index (κ2) is 9.56. The molecule has 1 fully saturated rings. The van der Waals surface area contributed by atoms with E-state index < -0.39 is 5.82 Å². The third kappa shape index (κ3) is 6.37. The Hall–Kier alpha value is -0.700. The van der Waals surface area contributed by atoms with Crippen LogP contribution in [0.25, 0.3) is 0 Å². The van der Waals surface area contributed by atoms with Gasteiger partial charge >= 0.3 is 0 Å². The number of thioether (sulfide) groups is 1. The number of phenols is 1. The van der Waals surface area contributed by atoms with E-state index in [1.807, 2.05) is 18.7 Å². The van der Waals surface area contributed by atoms with E-state index in [9.17, 15) is 9.50 Å². The number of aliphatic imine (C=N–C) groups is 1. The molecular weight excluding hydrogens is 428 g/mol. The number of benzene rings is 1. The number of hydrogen-bond donors (Lipinski definition) is 3. The largest absolute Gasteiger partial charge is 0.505 e. The van der Waals surface area contributed by atoms with Crippen LogP contribution in [0.3, 0.4) is 0 Å². The lowest BCUT2D eigenvalue weighted by atomic mass is 10.1. The Morgan fingerprint density at radius 1 is 1.43 bits per heavy atom. The maximum absolute atomic E-state index is 13.3. The van der Waals surface area contributed by atoms with Gasteiger partial charge in [0, 0.05) is 17.8 Å². The van der Waals surface area contributed by atoms with Gasteiger partial charge < -0.3 is 15.7 Å². The van der Waals surface area contributed by atoms with E-state index in [0.29, 0.717) is 6.54 Å². The van der Waals surface area contributed by atoms with Crippen LogP contribution in [0, 0.1) is 5.82 Å². The van der Waals surface area contributed by atoms with Crippen molar-refractivity contribution < 1.29 is 9.50 Å². The molecule has 0 amide bonds. The van der Waals surface area contributed by atoms with Gasteiger partial charge in [0.1, 0.15) is 0 Å². The van der Waals surface area contributed by atoms with Crippen LogP contribution < -0.4 is 10.6 Å². The summed E-state index contributed by atoms with van der Waals surface area (Å²) < 4.78 is 13.6. The quantitative estimate of drug-likeness (QED) is 0.363. The molecule has 0 spiro atoms. The SMILES string of the molecule is CCNC(=NCc1ccc(O)c(F)c1)NCC1(C)CCCS1.I. The van der Waals surface area contributed by atoms with Crippen LogP contribution in [0.5, 0.6) is 5.75 Å². The van der Waals surface area contributed by atoms with Crippen LogP contribution in [0.1, 0.15) is 32.3 Å². The molecule has 1 aromatic carbocycles. The average molecular weight is 453 g/mol. The van der Waals surface area contributed by atoms with Crippen molar-refractivity contribution in [3.8, 4) is 5.75 Å². The fourth-order valence-corrected chi connectivity index (χ4v) is 3.65. The number of nitrogens with one attached hydrogen (secondary N) is 2. The molecule has 7 heteroatoms. The maximum Gasteiger partial charge on any atom is 0.191 e. The van der Waals surface area contributed by atoms with Gasteiger partial charge in [0.05, 0.1) is 6.54 Å². The molecule has 2 rings (SSSR count). The third-order valence-corrected chi connectivity index (χ3v) is 5.24. The second-order valence-corrected chi connectivity index (χ2v) is 7.42. The summed E-state index contributed by atoms with van der Waals surface area (Å²) in [5.74, 6) is 1.02. The van der Waals surface area contributed by atoms with Gasteiger partial charge in [-0.25, -0.2) is 9.38 Å². The predicted molar refractivity (Wildman–Crippen MR) is 106 cm³/mol. The maximum atomic E-state index is 13.3. The number of halogens is 2. The van der Waals surface area contributed by atoms with Gasteiger partial charge in [0.15, 0.2) is 17.5 Å². The van der Waals surface area contributed by atoms with Crippen molar-refractivity contribution in [2.24, 2.45) is 4.99 Å². The molecular formula is C16H25FIN3OS. The second-order valence-electron chi connectivity index (χ2n) is 5.74. The minimum atomic E-state index is -0.611. The summed E-state index contributed by atoms with van der Waals surface area (Å²) in [6.45, 7) is 6.31. The van der Waals surface area contributed by atoms with Crippen LogP contribution >= 0.6 is 35.7 Å². The van der Waals surface area contributed by atoms with Crippen LogP contribution in [-0.2, 0) is 6.54 Å². The summed E-state index contributed by atoms with van der Waals surface area (Å²) in [6.07, 6.45) is 2.48. The van der Waals surface area contributed by atoms with Crippen molar-refractivity contribution in [1.82, 2.24) is 10.6 Å². The molecule has 1 unspecified atom stereocenters. The summed E-state index contributed by atoms with van der Waals surface area (Å²) in [4.78, 5) is 4.48. The van der Waals surface area contributed by atoms with Gasteiger partial charge in [-0.3, -0.25) is 0 Å². The van der Waals surface area contributed by atoms with Gasteiger partial charge in [-0.05, 0) is 50.1 Å². The van der Waals surface area contributed by atoms with Crippen LogP contribution in [0.4, 0.5) is 4.39 Å². The molecule has 3 N–H and O–H groups in total. The normalized spacial score (nSPS) is 20.9.